The lowest BCUT2D eigenvalue weighted by Crippen LogP contribution is -2.19. The van der Waals surface area contributed by atoms with Crippen molar-refractivity contribution in [2.45, 2.75) is 25.6 Å². The number of ether oxygens (including phenoxy) is 1. The molecular formula is C9H10F3IN2O. The Morgan fingerprint density at radius 2 is 2.19 bits per heavy atom. The third-order valence-corrected chi connectivity index (χ3v) is 2.94. The minimum atomic E-state index is -4.32. The molecule has 0 spiro atoms. The van der Waals surface area contributed by atoms with Crippen LogP contribution in [-0.2, 0) is 6.54 Å². The van der Waals surface area contributed by atoms with Crippen molar-refractivity contribution in [2.75, 3.05) is 6.61 Å². The maximum Gasteiger partial charge on any atom is 0.422 e. The van der Waals surface area contributed by atoms with Crippen LogP contribution in [0.3, 0.4) is 0 Å². The second-order valence-electron chi connectivity index (χ2n) is 3.85. The van der Waals surface area contributed by atoms with Gasteiger partial charge in [-0.1, -0.05) is 0 Å². The predicted octanol–water partition coefficient (Wildman–Crippen LogP) is 2.84. The summed E-state index contributed by atoms with van der Waals surface area (Å²) in [7, 11) is 0. The average Bonchev–Trinajstić information content (AvgIpc) is 2.87. The van der Waals surface area contributed by atoms with Crippen LogP contribution >= 0.6 is 22.6 Å². The van der Waals surface area contributed by atoms with Gasteiger partial charge in [0.05, 0.1) is 3.57 Å². The monoisotopic (exact) mass is 346 g/mol. The standard InChI is InChI=1S/C9H10F3IN2O/c10-9(11,12)5-16-8-7(13)4-15(14-8)3-6-1-2-6/h4,6H,1-3,5H2. The molecule has 2 rings (SSSR count). The van der Waals surface area contributed by atoms with E-state index in [9.17, 15) is 13.2 Å². The van der Waals surface area contributed by atoms with E-state index in [1.807, 2.05) is 22.6 Å². The van der Waals surface area contributed by atoms with Crippen molar-refractivity contribution < 1.29 is 17.9 Å². The molecule has 0 amide bonds. The second-order valence-corrected chi connectivity index (χ2v) is 5.01. The molecule has 0 atom stereocenters. The summed E-state index contributed by atoms with van der Waals surface area (Å²) >= 11 is 1.92. The van der Waals surface area contributed by atoms with Crippen LogP contribution in [0.4, 0.5) is 13.2 Å². The molecule has 3 nitrogen and oxygen atoms in total. The van der Waals surface area contributed by atoms with E-state index >= 15 is 0 Å². The van der Waals surface area contributed by atoms with Crippen LogP contribution in [0, 0.1) is 9.49 Å². The molecule has 90 valence electrons. The Morgan fingerprint density at radius 3 is 2.75 bits per heavy atom. The Kier molecular flexibility index (Phi) is 3.32. The van der Waals surface area contributed by atoms with E-state index in [1.165, 1.54) is 12.8 Å². The number of nitrogens with zero attached hydrogens (tertiary/aromatic N) is 2. The summed E-state index contributed by atoms with van der Waals surface area (Å²) in [6, 6.07) is 0. The highest BCUT2D eigenvalue weighted by molar-refractivity contribution is 14.1. The van der Waals surface area contributed by atoms with Gasteiger partial charge in [-0.3, -0.25) is 4.68 Å². The fourth-order valence-electron chi connectivity index (χ4n) is 1.29. The zero-order valence-corrected chi connectivity index (χ0v) is 10.5. The van der Waals surface area contributed by atoms with Crippen molar-refractivity contribution in [1.29, 1.82) is 0 Å². The Hall–Kier alpha value is -0.470. The molecule has 7 heteroatoms. The van der Waals surface area contributed by atoms with Gasteiger partial charge in [-0.05, 0) is 41.4 Å². The first-order valence-corrected chi connectivity index (χ1v) is 5.94. The Balaban J connectivity index is 1.94. The summed E-state index contributed by atoms with van der Waals surface area (Å²) in [5, 5.41) is 3.98. The molecule has 0 radical (unpaired) electrons. The van der Waals surface area contributed by atoms with E-state index in [1.54, 1.807) is 10.9 Å². The molecule has 0 unspecified atom stereocenters. The van der Waals surface area contributed by atoms with Crippen molar-refractivity contribution in [1.82, 2.24) is 9.78 Å². The molecule has 0 N–H and O–H groups in total. The van der Waals surface area contributed by atoms with Gasteiger partial charge < -0.3 is 4.74 Å². The van der Waals surface area contributed by atoms with E-state index in [4.69, 9.17) is 0 Å². The number of hydrogen-bond acceptors (Lipinski definition) is 2. The van der Waals surface area contributed by atoms with Gasteiger partial charge in [0.25, 0.3) is 0 Å². The SMILES string of the molecule is FC(F)(F)COc1nn(CC2CC2)cc1I. The first kappa shape index (κ1) is 12.0. The minimum absolute atomic E-state index is 0.0681. The second kappa shape index (κ2) is 4.42. The molecule has 16 heavy (non-hydrogen) atoms. The fraction of sp³-hybridized carbons (Fsp3) is 0.667. The van der Waals surface area contributed by atoms with Crippen LogP contribution in [0.1, 0.15) is 12.8 Å². The van der Waals surface area contributed by atoms with E-state index in [0.717, 1.165) is 6.54 Å². The van der Waals surface area contributed by atoms with Crippen LogP contribution in [-0.4, -0.2) is 22.6 Å². The van der Waals surface area contributed by atoms with Crippen LogP contribution in [0.5, 0.6) is 5.88 Å². The summed E-state index contributed by atoms with van der Waals surface area (Å²) in [5.74, 6) is 0.699. The highest BCUT2D eigenvalue weighted by Crippen LogP contribution is 2.31. The third-order valence-electron chi connectivity index (χ3n) is 2.20. The number of hydrogen-bond donors (Lipinski definition) is 0. The minimum Gasteiger partial charge on any atom is -0.466 e. The summed E-state index contributed by atoms with van der Waals surface area (Å²) < 4.78 is 42.7. The van der Waals surface area contributed by atoms with Crippen molar-refractivity contribution in [3.05, 3.63) is 9.77 Å². The Bertz CT molecular complexity index is 373. The number of aromatic nitrogens is 2. The molecule has 0 saturated heterocycles. The largest absolute Gasteiger partial charge is 0.466 e. The van der Waals surface area contributed by atoms with Crippen molar-refractivity contribution >= 4 is 22.6 Å². The first-order valence-electron chi connectivity index (χ1n) is 4.86. The molecule has 1 heterocycles. The molecule has 0 aliphatic heterocycles. The van der Waals surface area contributed by atoms with Crippen molar-refractivity contribution in [3.63, 3.8) is 0 Å². The first-order chi connectivity index (χ1) is 7.44. The van der Waals surface area contributed by atoms with E-state index < -0.39 is 12.8 Å². The molecule has 1 aromatic heterocycles. The molecule has 1 aliphatic rings. The lowest BCUT2D eigenvalue weighted by atomic mass is 10.4. The summed E-state index contributed by atoms with van der Waals surface area (Å²) in [6.07, 6.45) is -0.252. The predicted molar refractivity (Wildman–Crippen MR) is 59.2 cm³/mol. The summed E-state index contributed by atoms with van der Waals surface area (Å²) in [4.78, 5) is 0. The zero-order valence-electron chi connectivity index (χ0n) is 8.30. The van der Waals surface area contributed by atoms with Gasteiger partial charge in [0, 0.05) is 12.7 Å². The molecular weight excluding hydrogens is 336 g/mol. The third kappa shape index (κ3) is 3.53. The van der Waals surface area contributed by atoms with Gasteiger partial charge in [0.2, 0.25) is 5.88 Å². The van der Waals surface area contributed by atoms with Gasteiger partial charge in [0.15, 0.2) is 6.61 Å². The topological polar surface area (TPSA) is 27.1 Å². The zero-order chi connectivity index (χ0) is 11.8. The number of alkyl halides is 3. The summed E-state index contributed by atoms with van der Waals surface area (Å²) in [5.41, 5.74) is 0. The Morgan fingerprint density at radius 1 is 1.50 bits per heavy atom. The van der Waals surface area contributed by atoms with Crippen molar-refractivity contribution in [2.24, 2.45) is 5.92 Å². The highest BCUT2D eigenvalue weighted by Gasteiger charge is 2.29. The van der Waals surface area contributed by atoms with Crippen LogP contribution < -0.4 is 4.74 Å². The van der Waals surface area contributed by atoms with E-state index in [0.29, 0.717) is 9.49 Å². The normalized spacial score (nSPS) is 16.5. The maximum absolute atomic E-state index is 11.9. The molecule has 0 bridgehead atoms. The van der Waals surface area contributed by atoms with Crippen LogP contribution in [0.2, 0.25) is 0 Å². The van der Waals surface area contributed by atoms with Gasteiger partial charge >= 0.3 is 6.18 Å². The van der Waals surface area contributed by atoms with Crippen LogP contribution in [0.15, 0.2) is 6.20 Å². The number of halogens is 4. The lowest BCUT2D eigenvalue weighted by molar-refractivity contribution is -0.154. The van der Waals surface area contributed by atoms with Gasteiger partial charge in [-0.25, -0.2) is 0 Å². The smallest absolute Gasteiger partial charge is 0.422 e. The highest BCUT2D eigenvalue weighted by atomic mass is 127. The average molecular weight is 346 g/mol. The van der Waals surface area contributed by atoms with Gasteiger partial charge in [-0.15, -0.1) is 5.10 Å². The van der Waals surface area contributed by atoms with Crippen molar-refractivity contribution in [3.8, 4) is 5.88 Å². The van der Waals surface area contributed by atoms with E-state index in [2.05, 4.69) is 9.84 Å². The van der Waals surface area contributed by atoms with Gasteiger partial charge in [-0.2, -0.15) is 13.2 Å². The molecule has 1 saturated carbocycles. The lowest BCUT2D eigenvalue weighted by Gasteiger charge is -2.06. The number of rotatable bonds is 4. The maximum atomic E-state index is 11.9. The fourth-order valence-corrected chi connectivity index (χ4v) is 1.87. The van der Waals surface area contributed by atoms with Crippen LogP contribution in [0.25, 0.3) is 0 Å². The molecule has 1 aromatic rings. The molecule has 1 aliphatic carbocycles. The van der Waals surface area contributed by atoms with E-state index in [-0.39, 0.29) is 5.88 Å². The Labute approximate surface area is 104 Å². The molecule has 1 fully saturated rings. The summed E-state index contributed by atoms with van der Waals surface area (Å²) in [6.45, 7) is -0.519. The molecule has 0 aromatic carbocycles. The van der Waals surface area contributed by atoms with Gasteiger partial charge in [0.1, 0.15) is 0 Å². The quantitative estimate of drug-likeness (QED) is 0.784.